The van der Waals surface area contributed by atoms with Gasteiger partial charge in [0.2, 0.25) is 5.91 Å². The zero-order chi connectivity index (χ0) is 17.7. The number of nitro benzene ring substituents is 1. The molecule has 0 heterocycles. The molecule has 2 rings (SSSR count). The number of ether oxygens (including phenoxy) is 2. The molecule has 0 atom stereocenters. The largest absolute Gasteiger partial charge is 0.495 e. The van der Waals surface area contributed by atoms with Gasteiger partial charge < -0.3 is 14.8 Å². The minimum Gasteiger partial charge on any atom is -0.495 e. The second-order valence-electron chi connectivity index (χ2n) is 4.84. The number of nitro groups is 1. The first-order valence-electron chi connectivity index (χ1n) is 6.89. The summed E-state index contributed by atoms with van der Waals surface area (Å²) < 4.78 is 10.3. The molecule has 2 aromatic carbocycles. The van der Waals surface area contributed by atoms with E-state index >= 15 is 0 Å². The molecule has 2 aromatic rings. The van der Waals surface area contributed by atoms with Crippen molar-refractivity contribution in [3.63, 3.8) is 0 Å². The van der Waals surface area contributed by atoms with Crippen LogP contribution in [0.4, 0.5) is 11.4 Å². The first-order chi connectivity index (χ1) is 11.4. The Kier molecular flexibility index (Phi) is 5.59. The van der Waals surface area contributed by atoms with E-state index in [1.165, 1.54) is 44.6 Å². The van der Waals surface area contributed by atoms with Gasteiger partial charge in [0.05, 0.1) is 36.3 Å². The van der Waals surface area contributed by atoms with Crippen molar-refractivity contribution in [2.24, 2.45) is 0 Å². The molecule has 24 heavy (non-hydrogen) atoms. The van der Waals surface area contributed by atoms with Gasteiger partial charge in [-0.05, 0) is 11.6 Å². The van der Waals surface area contributed by atoms with Crippen LogP contribution in [0.3, 0.4) is 0 Å². The number of hydrogen-bond donors (Lipinski definition) is 1. The predicted molar refractivity (Wildman–Crippen MR) is 90.0 cm³/mol. The highest BCUT2D eigenvalue weighted by Crippen LogP contribution is 2.35. The molecule has 0 radical (unpaired) electrons. The van der Waals surface area contributed by atoms with Gasteiger partial charge in [0.25, 0.3) is 5.69 Å². The number of benzene rings is 2. The Bertz CT molecular complexity index is 762. The molecular formula is C16H15ClN2O5. The van der Waals surface area contributed by atoms with Gasteiger partial charge in [-0.3, -0.25) is 14.9 Å². The molecule has 7 nitrogen and oxygen atoms in total. The van der Waals surface area contributed by atoms with Crippen molar-refractivity contribution in [1.29, 1.82) is 0 Å². The minimum atomic E-state index is -0.492. The number of methoxy groups -OCH3 is 2. The second kappa shape index (κ2) is 7.65. The van der Waals surface area contributed by atoms with E-state index in [4.69, 9.17) is 21.1 Å². The van der Waals surface area contributed by atoms with Crippen molar-refractivity contribution in [3.05, 3.63) is 57.1 Å². The van der Waals surface area contributed by atoms with Crippen LogP contribution in [0.15, 0.2) is 36.4 Å². The zero-order valence-electron chi connectivity index (χ0n) is 13.0. The molecule has 0 aliphatic carbocycles. The number of rotatable bonds is 6. The Morgan fingerprint density at radius 3 is 2.33 bits per heavy atom. The number of hydrogen-bond acceptors (Lipinski definition) is 5. The Labute approximate surface area is 143 Å². The van der Waals surface area contributed by atoms with Gasteiger partial charge in [0.15, 0.2) is 0 Å². The summed E-state index contributed by atoms with van der Waals surface area (Å²) >= 11 is 6.05. The summed E-state index contributed by atoms with van der Waals surface area (Å²) in [5.74, 6) is 0.540. The fourth-order valence-electron chi connectivity index (χ4n) is 2.07. The highest BCUT2D eigenvalue weighted by molar-refractivity contribution is 6.32. The fourth-order valence-corrected chi connectivity index (χ4v) is 2.31. The maximum atomic E-state index is 12.2. The average molecular weight is 351 g/mol. The van der Waals surface area contributed by atoms with Gasteiger partial charge >= 0.3 is 0 Å². The number of anilines is 1. The summed E-state index contributed by atoms with van der Waals surface area (Å²) in [5, 5.41) is 13.7. The molecule has 0 aliphatic heterocycles. The van der Waals surface area contributed by atoms with Crippen LogP contribution in [0.2, 0.25) is 5.02 Å². The molecule has 0 saturated heterocycles. The summed E-state index contributed by atoms with van der Waals surface area (Å²) in [7, 11) is 2.95. The van der Waals surface area contributed by atoms with Crippen molar-refractivity contribution in [2.75, 3.05) is 19.5 Å². The van der Waals surface area contributed by atoms with Crippen molar-refractivity contribution >= 4 is 28.9 Å². The lowest BCUT2D eigenvalue weighted by Gasteiger charge is -2.13. The number of non-ortho nitro benzene ring substituents is 1. The second-order valence-corrected chi connectivity index (χ2v) is 5.24. The molecule has 1 amide bonds. The number of halogens is 1. The third-order valence-corrected chi connectivity index (χ3v) is 3.56. The van der Waals surface area contributed by atoms with E-state index in [-0.39, 0.29) is 18.0 Å². The third-order valence-electron chi connectivity index (χ3n) is 3.26. The molecule has 0 bridgehead atoms. The highest BCUT2D eigenvalue weighted by atomic mass is 35.5. The number of nitrogens with zero attached hydrogens (tertiary/aromatic N) is 1. The van der Waals surface area contributed by atoms with E-state index in [1.807, 2.05) is 0 Å². The molecule has 0 unspecified atom stereocenters. The van der Waals surface area contributed by atoms with Crippen LogP contribution in [0.1, 0.15) is 5.56 Å². The average Bonchev–Trinajstić information content (AvgIpc) is 2.55. The predicted octanol–water partition coefficient (Wildman–Crippen LogP) is 3.45. The molecule has 0 spiro atoms. The van der Waals surface area contributed by atoms with Crippen LogP contribution in [-0.2, 0) is 11.2 Å². The summed E-state index contributed by atoms with van der Waals surface area (Å²) in [6, 6.07) is 8.89. The topological polar surface area (TPSA) is 90.7 Å². The van der Waals surface area contributed by atoms with E-state index in [0.29, 0.717) is 27.8 Å². The highest BCUT2D eigenvalue weighted by Gasteiger charge is 2.13. The van der Waals surface area contributed by atoms with Crippen molar-refractivity contribution < 1.29 is 19.2 Å². The van der Waals surface area contributed by atoms with Crippen molar-refractivity contribution in [3.8, 4) is 11.5 Å². The lowest BCUT2D eigenvalue weighted by atomic mass is 10.1. The SMILES string of the molecule is COc1cc(OC)c(NC(=O)Cc2ccc([N+](=O)[O-])cc2)cc1Cl. The lowest BCUT2D eigenvalue weighted by Crippen LogP contribution is -2.15. The van der Waals surface area contributed by atoms with Crippen LogP contribution in [-0.4, -0.2) is 25.1 Å². The molecule has 0 aromatic heterocycles. The van der Waals surface area contributed by atoms with E-state index in [1.54, 1.807) is 6.07 Å². The number of amides is 1. The van der Waals surface area contributed by atoms with E-state index in [9.17, 15) is 14.9 Å². The van der Waals surface area contributed by atoms with Crippen LogP contribution < -0.4 is 14.8 Å². The third kappa shape index (κ3) is 4.14. The Balaban J connectivity index is 2.12. The van der Waals surface area contributed by atoms with Crippen LogP contribution in [0, 0.1) is 10.1 Å². The summed E-state index contributed by atoms with van der Waals surface area (Å²) in [5.41, 5.74) is 1.04. The van der Waals surface area contributed by atoms with E-state index in [2.05, 4.69) is 5.32 Å². The maximum Gasteiger partial charge on any atom is 0.269 e. The minimum absolute atomic E-state index is 0.0252. The molecule has 126 valence electrons. The van der Waals surface area contributed by atoms with Gasteiger partial charge in [-0.15, -0.1) is 0 Å². The quantitative estimate of drug-likeness (QED) is 0.636. The number of carbonyl (C=O) groups is 1. The van der Waals surface area contributed by atoms with E-state index in [0.717, 1.165) is 0 Å². The summed E-state index contributed by atoms with van der Waals surface area (Å²) in [4.78, 5) is 22.3. The standard InChI is InChI=1S/C16H15ClN2O5/c1-23-14-9-15(24-2)13(8-12(14)17)18-16(20)7-10-3-5-11(6-4-10)19(21)22/h3-6,8-9H,7H2,1-2H3,(H,18,20). The first kappa shape index (κ1) is 17.6. The maximum absolute atomic E-state index is 12.2. The van der Waals surface area contributed by atoms with Gasteiger partial charge in [0.1, 0.15) is 11.5 Å². The van der Waals surface area contributed by atoms with Gasteiger partial charge in [0, 0.05) is 18.2 Å². The Morgan fingerprint density at radius 1 is 1.17 bits per heavy atom. The molecule has 1 N–H and O–H groups in total. The summed E-state index contributed by atoms with van der Waals surface area (Å²) in [6.07, 6.45) is 0.0603. The van der Waals surface area contributed by atoms with Crippen LogP contribution in [0.25, 0.3) is 0 Å². The lowest BCUT2D eigenvalue weighted by molar-refractivity contribution is -0.384. The number of carbonyl (C=O) groups excluding carboxylic acids is 1. The van der Waals surface area contributed by atoms with Crippen LogP contribution >= 0.6 is 11.6 Å². The van der Waals surface area contributed by atoms with E-state index < -0.39 is 4.92 Å². The number of nitrogens with one attached hydrogen (secondary N) is 1. The molecule has 8 heteroatoms. The van der Waals surface area contributed by atoms with Crippen molar-refractivity contribution in [2.45, 2.75) is 6.42 Å². The normalized spacial score (nSPS) is 10.1. The van der Waals surface area contributed by atoms with Gasteiger partial charge in [-0.25, -0.2) is 0 Å². The first-order valence-corrected chi connectivity index (χ1v) is 7.27. The van der Waals surface area contributed by atoms with Gasteiger partial charge in [-0.2, -0.15) is 0 Å². The monoisotopic (exact) mass is 350 g/mol. The van der Waals surface area contributed by atoms with Crippen molar-refractivity contribution in [1.82, 2.24) is 0 Å². The summed E-state index contributed by atoms with van der Waals surface area (Å²) in [6.45, 7) is 0. The Morgan fingerprint density at radius 2 is 1.79 bits per heavy atom. The smallest absolute Gasteiger partial charge is 0.269 e. The molecule has 0 fully saturated rings. The Hall–Kier alpha value is -2.80. The molecular weight excluding hydrogens is 336 g/mol. The fraction of sp³-hybridized carbons (Fsp3) is 0.188. The van der Waals surface area contributed by atoms with Gasteiger partial charge in [-0.1, -0.05) is 23.7 Å². The van der Waals surface area contributed by atoms with Crippen LogP contribution in [0.5, 0.6) is 11.5 Å². The zero-order valence-corrected chi connectivity index (χ0v) is 13.8. The molecule has 0 saturated carbocycles. The molecule has 0 aliphatic rings.